The van der Waals surface area contributed by atoms with E-state index in [1.54, 1.807) is 6.07 Å². The van der Waals surface area contributed by atoms with Gasteiger partial charge in [-0.05, 0) is 12.1 Å². The van der Waals surface area contributed by atoms with Crippen molar-refractivity contribution < 1.29 is 22.7 Å². The first-order chi connectivity index (χ1) is 6.49. The SMILES string of the molecule is O=C(OCC(F)(F)F)c1[c]cccc1. The van der Waals surface area contributed by atoms with Crippen LogP contribution >= 0.6 is 0 Å². The van der Waals surface area contributed by atoms with E-state index in [4.69, 9.17) is 0 Å². The number of esters is 1. The highest BCUT2D eigenvalue weighted by atomic mass is 19.4. The van der Waals surface area contributed by atoms with Gasteiger partial charge in [-0.25, -0.2) is 4.79 Å². The summed E-state index contributed by atoms with van der Waals surface area (Å²) >= 11 is 0. The fraction of sp³-hybridized carbons (Fsp3) is 0.222. The minimum absolute atomic E-state index is 0.0169. The molecule has 0 spiro atoms. The molecular weight excluding hydrogens is 197 g/mol. The quantitative estimate of drug-likeness (QED) is 0.689. The van der Waals surface area contributed by atoms with Crippen molar-refractivity contribution in [3.05, 3.63) is 35.9 Å². The zero-order valence-electron chi connectivity index (χ0n) is 6.97. The van der Waals surface area contributed by atoms with Crippen LogP contribution in [-0.2, 0) is 4.74 Å². The largest absolute Gasteiger partial charge is 0.452 e. The molecule has 2 nitrogen and oxygen atoms in total. The Kier molecular flexibility index (Phi) is 3.11. The van der Waals surface area contributed by atoms with Crippen LogP contribution in [-0.4, -0.2) is 18.8 Å². The summed E-state index contributed by atoms with van der Waals surface area (Å²) in [5.41, 5.74) is -0.0169. The average molecular weight is 203 g/mol. The summed E-state index contributed by atoms with van der Waals surface area (Å²) < 4.78 is 38.9. The maximum absolute atomic E-state index is 11.6. The summed E-state index contributed by atoms with van der Waals surface area (Å²) in [7, 11) is 0. The fourth-order valence-electron chi connectivity index (χ4n) is 0.745. The third kappa shape index (κ3) is 3.47. The molecule has 14 heavy (non-hydrogen) atoms. The van der Waals surface area contributed by atoms with Gasteiger partial charge in [-0.1, -0.05) is 18.2 Å². The van der Waals surface area contributed by atoms with E-state index in [1.165, 1.54) is 18.2 Å². The Morgan fingerprint density at radius 3 is 2.64 bits per heavy atom. The van der Waals surface area contributed by atoms with E-state index in [0.717, 1.165) is 0 Å². The van der Waals surface area contributed by atoms with E-state index < -0.39 is 18.8 Å². The van der Waals surface area contributed by atoms with Crippen molar-refractivity contribution in [2.75, 3.05) is 6.61 Å². The number of benzene rings is 1. The molecule has 5 heteroatoms. The van der Waals surface area contributed by atoms with E-state index in [-0.39, 0.29) is 5.56 Å². The van der Waals surface area contributed by atoms with Crippen molar-refractivity contribution in [3.8, 4) is 0 Å². The number of carbonyl (C=O) groups is 1. The predicted octanol–water partition coefficient (Wildman–Crippen LogP) is 2.21. The molecule has 0 amide bonds. The first-order valence-corrected chi connectivity index (χ1v) is 3.69. The summed E-state index contributed by atoms with van der Waals surface area (Å²) in [5, 5.41) is 0. The number of halogens is 3. The van der Waals surface area contributed by atoms with Crippen LogP contribution in [0.4, 0.5) is 13.2 Å². The first-order valence-electron chi connectivity index (χ1n) is 3.69. The van der Waals surface area contributed by atoms with Crippen LogP contribution < -0.4 is 0 Å². The molecular formula is C9H6F3O2. The molecule has 1 radical (unpaired) electrons. The molecule has 0 aliphatic heterocycles. The topological polar surface area (TPSA) is 26.3 Å². The van der Waals surface area contributed by atoms with Gasteiger partial charge in [0.05, 0.1) is 5.56 Å². The van der Waals surface area contributed by atoms with Crippen molar-refractivity contribution in [1.82, 2.24) is 0 Å². The molecule has 0 fully saturated rings. The molecule has 0 saturated carbocycles. The summed E-state index contributed by atoms with van der Waals surface area (Å²) in [5.74, 6) is -1.03. The minimum Gasteiger partial charge on any atom is -0.452 e. The van der Waals surface area contributed by atoms with E-state index in [1.807, 2.05) is 0 Å². The van der Waals surface area contributed by atoms with Gasteiger partial charge in [0.15, 0.2) is 6.61 Å². The number of hydrogen-bond acceptors (Lipinski definition) is 2. The molecule has 0 aliphatic carbocycles. The normalized spacial score (nSPS) is 11.1. The molecule has 0 bridgehead atoms. The maximum Gasteiger partial charge on any atom is 0.422 e. The van der Waals surface area contributed by atoms with Crippen molar-refractivity contribution in [1.29, 1.82) is 0 Å². The molecule has 1 aromatic carbocycles. The number of hydrogen-bond donors (Lipinski definition) is 0. The van der Waals surface area contributed by atoms with Gasteiger partial charge in [0.2, 0.25) is 0 Å². The highest BCUT2D eigenvalue weighted by Crippen LogP contribution is 2.15. The van der Waals surface area contributed by atoms with Crippen molar-refractivity contribution in [3.63, 3.8) is 0 Å². The first kappa shape index (κ1) is 10.6. The third-order valence-electron chi connectivity index (χ3n) is 1.30. The average Bonchev–Trinajstić information content (AvgIpc) is 2.14. The second-order valence-electron chi connectivity index (χ2n) is 2.47. The molecule has 0 aromatic heterocycles. The van der Waals surface area contributed by atoms with Crippen LogP contribution in [0.25, 0.3) is 0 Å². The summed E-state index contributed by atoms with van der Waals surface area (Å²) in [4.78, 5) is 10.9. The van der Waals surface area contributed by atoms with Crippen LogP contribution in [0.5, 0.6) is 0 Å². The Labute approximate surface area is 78.3 Å². The summed E-state index contributed by atoms with van der Waals surface area (Å²) in [6.45, 7) is -1.57. The van der Waals surface area contributed by atoms with Crippen LogP contribution in [0.15, 0.2) is 24.3 Å². The molecule has 0 N–H and O–H groups in total. The number of ether oxygens (including phenoxy) is 1. The van der Waals surface area contributed by atoms with Crippen molar-refractivity contribution in [2.45, 2.75) is 6.18 Å². The zero-order chi connectivity index (χ0) is 10.6. The number of alkyl halides is 3. The van der Waals surface area contributed by atoms with E-state index in [2.05, 4.69) is 10.8 Å². The lowest BCUT2D eigenvalue weighted by molar-refractivity contribution is -0.161. The van der Waals surface area contributed by atoms with Crippen LogP contribution in [0.3, 0.4) is 0 Å². The van der Waals surface area contributed by atoms with Crippen LogP contribution in [0.2, 0.25) is 0 Å². The van der Waals surface area contributed by atoms with Gasteiger partial charge in [-0.2, -0.15) is 13.2 Å². The summed E-state index contributed by atoms with van der Waals surface area (Å²) in [6, 6.07) is 8.33. The van der Waals surface area contributed by atoms with E-state index in [0.29, 0.717) is 0 Å². The lowest BCUT2D eigenvalue weighted by atomic mass is 10.2. The highest BCUT2D eigenvalue weighted by molar-refractivity contribution is 5.88. The monoisotopic (exact) mass is 203 g/mol. The van der Waals surface area contributed by atoms with E-state index >= 15 is 0 Å². The lowest BCUT2D eigenvalue weighted by Gasteiger charge is -2.06. The highest BCUT2D eigenvalue weighted by Gasteiger charge is 2.29. The van der Waals surface area contributed by atoms with Crippen molar-refractivity contribution >= 4 is 5.97 Å². The third-order valence-corrected chi connectivity index (χ3v) is 1.30. The minimum atomic E-state index is -4.50. The Morgan fingerprint density at radius 1 is 1.43 bits per heavy atom. The number of carbonyl (C=O) groups excluding carboxylic acids is 1. The molecule has 75 valence electrons. The molecule has 1 rings (SSSR count). The summed E-state index contributed by atoms with van der Waals surface area (Å²) in [6.07, 6.45) is -4.50. The molecule has 0 saturated heterocycles. The van der Waals surface area contributed by atoms with Gasteiger partial charge in [0.1, 0.15) is 0 Å². The Bertz CT molecular complexity index is 306. The second-order valence-corrected chi connectivity index (χ2v) is 2.47. The molecule has 0 aliphatic rings. The van der Waals surface area contributed by atoms with E-state index in [9.17, 15) is 18.0 Å². The maximum atomic E-state index is 11.6. The molecule has 0 unspecified atom stereocenters. The zero-order valence-corrected chi connectivity index (χ0v) is 6.97. The van der Waals surface area contributed by atoms with Crippen LogP contribution in [0, 0.1) is 6.07 Å². The van der Waals surface area contributed by atoms with Gasteiger partial charge in [-0.3, -0.25) is 0 Å². The van der Waals surface area contributed by atoms with Gasteiger partial charge < -0.3 is 4.74 Å². The number of rotatable bonds is 2. The fourth-order valence-corrected chi connectivity index (χ4v) is 0.745. The molecule has 0 heterocycles. The predicted molar refractivity (Wildman–Crippen MR) is 41.6 cm³/mol. The smallest absolute Gasteiger partial charge is 0.422 e. The van der Waals surface area contributed by atoms with Gasteiger partial charge in [0.25, 0.3) is 0 Å². The Hall–Kier alpha value is -1.52. The van der Waals surface area contributed by atoms with Crippen molar-refractivity contribution in [2.24, 2.45) is 0 Å². The lowest BCUT2D eigenvalue weighted by Crippen LogP contribution is -2.20. The Morgan fingerprint density at radius 2 is 2.14 bits per heavy atom. The standard InChI is InChI=1S/C9H6F3O2/c10-9(11,12)6-14-8(13)7-4-2-1-3-5-7/h1-4H,6H2. The van der Waals surface area contributed by atoms with Crippen LogP contribution in [0.1, 0.15) is 10.4 Å². The molecule has 0 atom stereocenters. The van der Waals surface area contributed by atoms with Gasteiger partial charge in [-0.15, -0.1) is 0 Å². The molecule has 1 aromatic rings. The van der Waals surface area contributed by atoms with Gasteiger partial charge >= 0.3 is 12.1 Å². The van der Waals surface area contributed by atoms with Gasteiger partial charge in [0, 0.05) is 0 Å². The second kappa shape index (κ2) is 4.13. The Balaban J connectivity index is 2.52.